The second-order valence-electron chi connectivity index (χ2n) is 25.7. The number of nitrogens with zero attached hydrogens (tertiary/aromatic N) is 1. The zero-order valence-electron chi connectivity index (χ0n) is 66.6. The molecule has 0 saturated carbocycles. The number of unbranched alkanes of at least 4 members (excludes halogenated alkanes) is 1. The Morgan fingerprint density at radius 1 is 0.425 bits per heavy atom. The molecule has 0 bridgehead atoms. The van der Waals surface area contributed by atoms with E-state index < -0.39 is 170 Å². The van der Waals surface area contributed by atoms with E-state index in [0.29, 0.717) is 33.4 Å². The highest BCUT2D eigenvalue weighted by molar-refractivity contribution is 5.98. The van der Waals surface area contributed by atoms with E-state index in [-0.39, 0.29) is 83.5 Å². The van der Waals surface area contributed by atoms with Crippen molar-refractivity contribution in [3.05, 3.63) is 215 Å². The van der Waals surface area contributed by atoms with E-state index in [0.717, 1.165) is 0 Å². The maximum atomic E-state index is 15.3. The van der Waals surface area contributed by atoms with Crippen LogP contribution >= 0.6 is 0 Å². The molecule has 1 aliphatic rings. The number of rotatable bonds is 41. The lowest BCUT2D eigenvalue weighted by Gasteiger charge is -2.28. The summed E-state index contributed by atoms with van der Waals surface area (Å²) in [5, 5.41) is 19.6. The molecule has 26 heteroatoms. The second-order valence-corrected chi connectivity index (χ2v) is 25.7. The van der Waals surface area contributed by atoms with E-state index >= 15 is 9.59 Å². The Balaban J connectivity index is 1.17. The quantitative estimate of drug-likeness (QED) is 0.0104. The second kappa shape index (κ2) is 44.3. The van der Waals surface area contributed by atoms with Crippen molar-refractivity contribution in [3.63, 3.8) is 0 Å². The zero-order valence-corrected chi connectivity index (χ0v) is 59.6. The summed E-state index contributed by atoms with van der Waals surface area (Å²) in [5.41, 5.74) is 3.53. The number of nitrogens with one attached hydrogen (secondary N) is 8. The molecule has 1 fully saturated rings. The van der Waals surface area contributed by atoms with Gasteiger partial charge in [0.2, 0.25) is 41.4 Å². The van der Waals surface area contributed by atoms with Gasteiger partial charge in [0.05, 0.1) is 14.3 Å². The van der Waals surface area contributed by atoms with Gasteiger partial charge in [-0.25, -0.2) is 14.4 Å². The van der Waals surface area contributed by atoms with Gasteiger partial charge >= 0.3 is 30.1 Å². The summed E-state index contributed by atoms with van der Waals surface area (Å²) in [5.74, 6) is -12.9. The maximum Gasteiger partial charge on any atom is 0.408 e. The number of ether oxygens (including phenoxy) is 5. The van der Waals surface area contributed by atoms with Crippen LogP contribution in [-0.4, -0.2) is 138 Å². The smallest absolute Gasteiger partial charge is 0.408 e. The summed E-state index contributed by atoms with van der Waals surface area (Å²) in [6.45, 7) is 0.469. The molecule has 0 spiro atoms. The van der Waals surface area contributed by atoms with Crippen LogP contribution < -0.4 is 42.5 Å². The molecule has 7 rings (SSSR count). The van der Waals surface area contributed by atoms with Gasteiger partial charge in [-0.15, -0.1) is 0 Å². The summed E-state index contributed by atoms with van der Waals surface area (Å²) in [6, 6.07) is 36.9. The summed E-state index contributed by atoms with van der Waals surface area (Å²) in [7, 11) is 0. The molecule has 1 aliphatic heterocycles. The summed E-state index contributed by atoms with van der Waals surface area (Å²) in [4.78, 5) is 170. The number of benzene rings is 6. The fraction of sp³-hybridized carbons (Fsp3) is 0.400. The van der Waals surface area contributed by atoms with Crippen LogP contribution in [0.5, 0.6) is 0 Å². The molecule has 0 radical (unpaired) electrons. The van der Waals surface area contributed by atoms with Crippen molar-refractivity contribution in [2.24, 2.45) is 11.8 Å². The van der Waals surface area contributed by atoms with Crippen LogP contribution in [-0.2, 0) is 111 Å². The summed E-state index contributed by atoms with van der Waals surface area (Å²) >= 11 is 0. The number of esters is 3. The van der Waals surface area contributed by atoms with E-state index in [2.05, 4.69) is 42.5 Å². The Kier molecular flexibility index (Phi) is 29.9. The number of amides is 9. The van der Waals surface area contributed by atoms with Gasteiger partial charge in [0.25, 0.3) is 0 Å². The average Bonchev–Trinajstić information content (AvgIpc) is 1.51. The molecule has 8 N–H and O–H groups in total. The van der Waals surface area contributed by atoms with Gasteiger partial charge in [-0.3, -0.25) is 43.2 Å². The molecule has 6 aromatic rings. The minimum absolute atomic E-state index is 0.0244. The normalized spacial score (nSPS) is 17.2. The fourth-order valence-electron chi connectivity index (χ4n) is 10.7. The van der Waals surface area contributed by atoms with Crippen molar-refractivity contribution >= 4 is 71.4 Å². The van der Waals surface area contributed by atoms with Crippen LogP contribution in [0.2, 0.25) is 0 Å². The van der Waals surface area contributed by atoms with Crippen LogP contribution in [0.15, 0.2) is 182 Å². The third-order valence-corrected chi connectivity index (χ3v) is 16.2. The van der Waals surface area contributed by atoms with Gasteiger partial charge in [-0.05, 0) is 96.5 Å². The molecule has 564 valence electrons. The molecule has 0 unspecified atom stereocenters. The highest BCUT2D eigenvalue weighted by Crippen LogP contribution is 2.20. The maximum absolute atomic E-state index is 15.3. The first-order valence-corrected chi connectivity index (χ1v) is 35.0. The highest BCUT2D eigenvalue weighted by atomic mass is 16.6. The lowest BCUT2D eigenvalue weighted by molar-refractivity contribution is -0.150. The predicted molar refractivity (Wildman–Crippen MR) is 391 cm³/mol. The van der Waals surface area contributed by atoms with Crippen molar-refractivity contribution in [3.8, 4) is 0 Å². The van der Waals surface area contributed by atoms with E-state index in [9.17, 15) is 49.3 Å². The lowest BCUT2D eigenvalue weighted by Crippen LogP contribution is -2.59. The molecular weight excluding hydrogens is 1360 g/mol. The molecule has 1 heterocycles. The van der Waals surface area contributed by atoms with Gasteiger partial charge in [0.15, 0.2) is 0 Å². The molecule has 6 aromatic carbocycles. The minimum Gasteiger partial charge on any atom is -0.461 e. The fourth-order valence-corrected chi connectivity index (χ4v) is 10.7. The van der Waals surface area contributed by atoms with Crippen LogP contribution in [0, 0.1) is 11.8 Å². The molecule has 26 nitrogen and oxygen atoms in total. The third-order valence-electron chi connectivity index (χ3n) is 16.2. The molecule has 9 amide bonds. The Bertz CT molecular complexity index is 4170. The van der Waals surface area contributed by atoms with Gasteiger partial charge in [0.1, 0.15) is 75.3 Å². The van der Waals surface area contributed by atoms with Crippen molar-refractivity contribution in [2.75, 3.05) is 19.6 Å². The third kappa shape index (κ3) is 29.7. The van der Waals surface area contributed by atoms with E-state index in [1.807, 2.05) is 0 Å². The monoisotopic (exact) mass is 1470 g/mol. The average molecular weight is 1470 g/mol. The van der Waals surface area contributed by atoms with E-state index in [4.69, 9.17) is 31.9 Å². The van der Waals surface area contributed by atoms with Gasteiger partial charge in [-0.2, -0.15) is 0 Å². The van der Waals surface area contributed by atoms with Crippen LogP contribution in [0.25, 0.3) is 0 Å². The van der Waals surface area contributed by atoms with Gasteiger partial charge in [-0.1, -0.05) is 210 Å². The number of alkyl carbamates (subject to hydrolysis) is 2. The Labute approximate surface area is 627 Å². The standard InChI is InChI=1S/C80H97N9O17/c1-54(2)44-64(88-80(101)106-53-61-36-21-10-22-37-61)75(96)83-63(40-41-70(91)102-49-57-28-13-6-14-29-57)74(95)86-66(47-71(92)103-50-58-30-15-7-16-31-58)72(93)82-48-69(90)89-43-25-39-68(89)77(98)84-62(38-23-24-42-81-79(100)105-52-60-34-19-9-20-35-60)73(94)85-65(46-56-26-11-5-12-27-56)76(97)87-67(45-55(3)4)78(99)104-51-59-32-17-8-18-33-59/h5-22,26-37,54-55,62-68H,23-25,38-53H2,1-4H3,(H,81,100)(H,82,93)(H,83,96)(H,84,98)(H,85,94)(H,86,95)(H,87,97)(H,88,101)/t62-,63-,64-,65-,66-,67-,68+/m0/s1/i25T2,39T2,43T2,68T. The Morgan fingerprint density at radius 2 is 0.840 bits per heavy atom. The highest BCUT2D eigenvalue weighted by Gasteiger charge is 2.39. The van der Waals surface area contributed by atoms with Crippen molar-refractivity contribution in [1.82, 2.24) is 47.4 Å². The van der Waals surface area contributed by atoms with Crippen molar-refractivity contribution in [1.29, 1.82) is 0 Å². The van der Waals surface area contributed by atoms with Crippen molar-refractivity contribution < 1.29 is 90.8 Å². The van der Waals surface area contributed by atoms with Crippen molar-refractivity contribution in [2.45, 2.75) is 174 Å². The first-order chi connectivity index (χ1) is 53.8. The van der Waals surface area contributed by atoms with Crippen LogP contribution in [0.4, 0.5) is 9.59 Å². The molecule has 0 aliphatic carbocycles. The first-order valence-electron chi connectivity index (χ1n) is 38.5. The van der Waals surface area contributed by atoms with Gasteiger partial charge in [0, 0.05) is 34.1 Å². The minimum atomic E-state index is -4.08. The SMILES string of the molecule is [3H]C1([3H])N(C(=O)CNC(=O)[C@H](CC(=O)OCc2ccccc2)NC(=O)[C@H](CCC(=O)OCc2ccccc2)NC(=O)[C@H](CC(C)C)NC(=O)OCc2ccccc2)[C@@]([3H])(C(=O)N[C@@H](CCCCNC(=O)OCc2ccccc2)C(=O)N[C@@H](Cc2ccccc2)C(=O)N[C@@H](CC(C)C)C(=O)OCc2ccccc2)C([3H])([3H])C1([3H])[3H]. The number of likely N-dealkylation sites (tertiary alicyclic amines) is 1. The summed E-state index contributed by atoms with van der Waals surface area (Å²) in [6.07, 6.45) is -12.8. The molecular formula is C80H97N9O17. The Morgan fingerprint density at radius 3 is 1.36 bits per heavy atom. The lowest BCUT2D eigenvalue weighted by atomic mass is 10.0. The van der Waals surface area contributed by atoms with Crippen LogP contribution in [0.1, 0.15) is 135 Å². The molecule has 7 atom stereocenters. The topological polar surface area (TPSA) is 350 Å². The Hall–Kier alpha value is -11.4. The molecule has 0 aromatic heterocycles. The largest absolute Gasteiger partial charge is 0.461 e. The number of carbonyl (C=O) groups excluding carboxylic acids is 12. The van der Waals surface area contributed by atoms with E-state index in [1.54, 1.807) is 210 Å². The van der Waals surface area contributed by atoms with Gasteiger partial charge < -0.3 is 71.1 Å². The number of hydrogen-bond acceptors (Lipinski definition) is 17. The predicted octanol–water partition coefficient (Wildman–Crippen LogP) is 7.64. The first kappa shape index (κ1) is 71.5. The number of carbonyl (C=O) groups is 12. The number of hydrogen-bond donors (Lipinski definition) is 8. The molecule has 1 saturated heterocycles. The zero-order chi connectivity index (χ0) is 82.3. The van der Waals surface area contributed by atoms with E-state index in [1.165, 1.54) is 0 Å². The van der Waals surface area contributed by atoms with Crippen LogP contribution in [0.3, 0.4) is 0 Å². The molecule has 106 heavy (non-hydrogen) atoms. The summed E-state index contributed by atoms with van der Waals surface area (Å²) < 4.78 is 91.1.